The van der Waals surface area contributed by atoms with Crippen molar-refractivity contribution in [2.24, 2.45) is 0 Å². The minimum atomic E-state index is -0.787. The van der Waals surface area contributed by atoms with Crippen molar-refractivity contribution in [3.8, 4) is 0 Å². The quantitative estimate of drug-likeness (QED) is 0.797. The first-order chi connectivity index (χ1) is 7.43. The van der Waals surface area contributed by atoms with Gasteiger partial charge in [0.1, 0.15) is 0 Å². The van der Waals surface area contributed by atoms with Gasteiger partial charge < -0.3 is 10.4 Å². The normalized spacial score (nSPS) is 11.4. The molecule has 2 N–H and O–H groups in total. The summed E-state index contributed by atoms with van der Waals surface area (Å²) in [7, 11) is 1.93. The van der Waals surface area contributed by atoms with Crippen LogP contribution in [0.1, 0.15) is 25.0 Å². The van der Waals surface area contributed by atoms with Crippen LogP contribution < -0.4 is 5.32 Å². The van der Waals surface area contributed by atoms with E-state index in [1.165, 1.54) is 0 Å². The molecule has 0 aromatic heterocycles. The predicted octanol–water partition coefficient (Wildman–Crippen LogP) is 1.85. The summed E-state index contributed by atoms with van der Waals surface area (Å²) in [6.07, 6.45) is 0.977. The molecular formula is C13H19NO2. The Morgan fingerprint density at radius 1 is 1.38 bits per heavy atom. The fraction of sp³-hybridized carbons (Fsp3) is 0.462. The van der Waals surface area contributed by atoms with Crippen molar-refractivity contribution in [3.05, 3.63) is 35.4 Å². The molecule has 1 aromatic carbocycles. The number of benzene rings is 1. The number of aliphatic carboxylic acids is 1. The third-order valence-corrected chi connectivity index (χ3v) is 2.67. The molecule has 0 saturated heterocycles. The van der Waals surface area contributed by atoms with E-state index in [1.807, 2.05) is 31.3 Å². The van der Waals surface area contributed by atoms with Gasteiger partial charge in [-0.25, -0.2) is 0 Å². The van der Waals surface area contributed by atoms with E-state index in [-0.39, 0.29) is 12.0 Å². The number of carboxylic acids is 1. The molecule has 88 valence electrons. The highest BCUT2D eigenvalue weighted by atomic mass is 16.4. The van der Waals surface area contributed by atoms with Crippen LogP contribution in [0.3, 0.4) is 0 Å². The number of carbonyl (C=O) groups is 1. The Labute approximate surface area is 96.5 Å². The first-order valence-corrected chi connectivity index (χ1v) is 5.41. The minimum absolute atomic E-state index is 0.0296. The summed E-state index contributed by atoms with van der Waals surface area (Å²) < 4.78 is 0. The molecule has 0 unspecified atom stereocenters. The summed E-state index contributed by atoms with van der Waals surface area (Å²) >= 11 is 0. The summed E-state index contributed by atoms with van der Waals surface area (Å²) in [4.78, 5) is 10.6. The van der Waals surface area contributed by atoms with E-state index in [0.717, 1.165) is 17.5 Å². The van der Waals surface area contributed by atoms with Crippen LogP contribution in [-0.4, -0.2) is 23.7 Å². The largest absolute Gasteiger partial charge is 0.481 e. The van der Waals surface area contributed by atoms with Crippen molar-refractivity contribution in [2.75, 3.05) is 7.05 Å². The van der Waals surface area contributed by atoms with Crippen molar-refractivity contribution in [1.29, 1.82) is 0 Å². The van der Waals surface area contributed by atoms with E-state index in [2.05, 4.69) is 19.2 Å². The van der Waals surface area contributed by atoms with Gasteiger partial charge in [-0.2, -0.15) is 0 Å². The molecular weight excluding hydrogens is 202 g/mol. The number of nitrogens with one attached hydrogen (secondary N) is 1. The average Bonchev–Trinajstić information content (AvgIpc) is 2.16. The molecule has 1 aromatic rings. The van der Waals surface area contributed by atoms with Crippen molar-refractivity contribution in [3.63, 3.8) is 0 Å². The van der Waals surface area contributed by atoms with Crippen molar-refractivity contribution < 1.29 is 9.90 Å². The highest BCUT2D eigenvalue weighted by molar-refractivity contribution is 5.70. The summed E-state index contributed by atoms with van der Waals surface area (Å²) in [5.41, 5.74) is 2.05. The lowest BCUT2D eigenvalue weighted by molar-refractivity contribution is -0.136. The molecule has 0 aliphatic rings. The average molecular weight is 221 g/mol. The monoisotopic (exact) mass is 221 g/mol. The second kappa shape index (κ2) is 5.12. The Morgan fingerprint density at radius 2 is 2.00 bits per heavy atom. The van der Waals surface area contributed by atoms with Gasteiger partial charge in [0.25, 0.3) is 0 Å². The summed E-state index contributed by atoms with van der Waals surface area (Å²) in [6.45, 7) is 4.24. The van der Waals surface area contributed by atoms with Gasteiger partial charge in [0.05, 0.1) is 6.42 Å². The molecule has 3 heteroatoms. The summed E-state index contributed by atoms with van der Waals surface area (Å²) in [5.74, 6) is -0.787. The summed E-state index contributed by atoms with van der Waals surface area (Å²) in [6, 6.07) is 7.76. The molecule has 0 heterocycles. The molecule has 16 heavy (non-hydrogen) atoms. The molecule has 0 aliphatic heterocycles. The smallest absolute Gasteiger partial charge is 0.307 e. The first kappa shape index (κ1) is 12.7. The van der Waals surface area contributed by atoms with Gasteiger partial charge in [0.2, 0.25) is 0 Å². The second-order valence-corrected chi connectivity index (χ2v) is 4.70. The molecule has 0 fully saturated rings. The topological polar surface area (TPSA) is 49.3 Å². The highest BCUT2D eigenvalue weighted by Crippen LogP contribution is 2.14. The third kappa shape index (κ3) is 4.03. The molecule has 1 rings (SSSR count). The highest BCUT2D eigenvalue weighted by Gasteiger charge is 2.15. The van der Waals surface area contributed by atoms with Crippen LogP contribution in [0.25, 0.3) is 0 Å². The van der Waals surface area contributed by atoms with Crippen LogP contribution in [-0.2, 0) is 17.6 Å². The molecule has 0 saturated carbocycles. The van der Waals surface area contributed by atoms with E-state index in [4.69, 9.17) is 5.11 Å². The molecule has 0 bridgehead atoms. The predicted molar refractivity (Wildman–Crippen MR) is 64.6 cm³/mol. The summed E-state index contributed by atoms with van der Waals surface area (Å²) in [5, 5.41) is 12.0. The number of hydrogen-bond donors (Lipinski definition) is 2. The van der Waals surface area contributed by atoms with E-state index in [9.17, 15) is 4.79 Å². The third-order valence-electron chi connectivity index (χ3n) is 2.67. The van der Waals surface area contributed by atoms with Crippen molar-refractivity contribution in [2.45, 2.75) is 32.2 Å². The Bertz CT molecular complexity index is 372. The van der Waals surface area contributed by atoms with Gasteiger partial charge in [-0.15, -0.1) is 0 Å². The standard InChI is InChI=1S/C13H19NO2/c1-13(2,14-3)9-11-6-4-5-10(7-11)8-12(15)16/h4-7,14H,8-9H2,1-3H3,(H,15,16). The Hall–Kier alpha value is -1.35. The zero-order valence-corrected chi connectivity index (χ0v) is 10.1. The Balaban J connectivity index is 2.78. The van der Waals surface area contributed by atoms with Gasteiger partial charge in [-0.1, -0.05) is 24.3 Å². The Morgan fingerprint density at radius 3 is 2.56 bits per heavy atom. The number of carboxylic acid groups (broad SMARTS) is 1. The van der Waals surface area contributed by atoms with Gasteiger partial charge in [-0.05, 0) is 38.4 Å². The minimum Gasteiger partial charge on any atom is -0.481 e. The van der Waals surface area contributed by atoms with Crippen LogP contribution >= 0.6 is 0 Å². The SMILES string of the molecule is CNC(C)(C)Cc1cccc(CC(=O)O)c1. The Kier molecular flexibility index (Phi) is 4.07. The van der Waals surface area contributed by atoms with Crippen LogP contribution in [0.4, 0.5) is 0 Å². The zero-order valence-electron chi connectivity index (χ0n) is 10.1. The fourth-order valence-corrected chi connectivity index (χ4v) is 1.62. The van der Waals surface area contributed by atoms with Gasteiger partial charge in [-0.3, -0.25) is 4.79 Å². The van der Waals surface area contributed by atoms with Gasteiger partial charge in [0, 0.05) is 5.54 Å². The van der Waals surface area contributed by atoms with Crippen LogP contribution in [0.5, 0.6) is 0 Å². The second-order valence-electron chi connectivity index (χ2n) is 4.70. The first-order valence-electron chi connectivity index (χ1n) is 5.41. The lowest BCUT2D eigenvalue weighted by Crippen LogP contribution is -2.38. The van der Waals surface area contributed by atoms with Crippen molar-refractivity contribution >= 4 is 5.97 Å². The molecule has 0 radical (unpaired) electrons. The van der Waals surface area contributed by atoms with E-state index in [0.29, 0.717) is 0 Å². The van der Waals surface area contributed by atoms with Crippen molar-refractivity contribution in [1.82, 2.24) is 5.32 Å². The van der Waals surface area contributed by atoms with E-state index < -0.39 is 5.97 Å². The van der Waals surface area contributed by atoms with Crippen LogP contribution in [0.15, 0.2) is 24.3 Å². The number of likely N-dealkylation sites (N-methyl/N-ethyl adjacent to an activating group) is 1. The van der Waals surface area contributed by atoms with Crippen LogP contribution in [0, 0.1) is 0 Å². The number of hydrogen-bond acceptors (Lipinski definition) is 2. The van der Waals surface area contributed by atoms with E-state index in [1.54, 1.807) is 0 Å². The van der Waals surface area contributed by atoms with Gasteiger partial charge in [0.15, 0.2) is 0 Å². The maximum atomic E-state index is 10.6. The number of rotatable bonds is 5. The van der Waals surface area contributed by atoms with Gasteiger partial charge >= 0.3 is 5.97 Å². The molecule has 3 nitrogen and oxygen atoms in total. The lowest BCUT2D eigenvalue weighted by Gasteiger charge is -2.24. The van der Waals surface area contributed by atoms with E-state index >= 15 is 0 Å². The maximum Gasteiger partial charge on any atom is 0.307 e. The fourth-order valence-electron chi connectivity index (χ4n) is 1.62. The lowest BCUT2D eigenvalue weighted by atomic mass is 9.94. The molecule has 0 aliphatic carbocycles. The molecule has 0 spiro atoms. The zero-order chi connectivity index (χ0) is 12.2. The molecule has 0 atom stereocenters. The maximum absolute atomic E-state index is 10.6. The molecule has 0 amide bonds. The van der Waals surface area contributed by atoms with Crippen LogP contribution in [0.2, 0.25) is 0 Å².